The van der Waals surface area contributed by atoms with Crippen LogP contribution in [-0.2, 0) is 0 Å². The van der Waals surface area contributed by atoms with Gasteiger partial charge in [-0.1, -0.05) is 27.7 Å². The van der Waals surface area contributed by atoms with Crippen LogP contribution in [0.4, 0.5) is 0 Å². The Morgan fingerprint density at radius 3 is 1.68 bits per heavy atom. The minimum absolute atomic E-state index is 0.219. The molecule has 0 radical (unpaired) electrons. The Balaban J connectivity index is 4.14. The molecule has 0 amide bonds. The van der Waals surface area contributed by atoms with Gasteiger partial charge in [0.25, 0.3) is 0 Å². The molecule has 0 spiro atoms. The van der Waals surface area contributed by atoms with E-state index in [-0.39, 0.29) is 5.41 Å². The van der Waals surface area contributed by atoms with Gasteiger partial charge in [-0.05, 0) is 77.4 Å². The summed E-state index contributed by atoms with van der Waals surface area (Å²) in [6.45, 7) is 14.3. The smallest absolute Gasteiger partial charge is 0.0596 e. The fraction of sp³-hybridized carbons (Fsp3) is 1.00. The Hall–Kier alpha value is -0.0800. The standard InChI is InChI=1S/C17H37NO/c1-15(2,10-9-13-18(7)8)11-12-16(3,4)14-17(5,6)19/h19H,9-14H2,1-8H3. The van der Waals surface area contributed by atoms with Crippen LogP contribution in [0, 0.1) is 10.8 Å². The highest BCUT2D eigenvalue weighted by Gasteiger charge is 2.29. The maximum atomic E-state index is 9.98. The summed E-state index contributed by atoms with van der Waals surface area (Å²) < 4.78 is 0. The Labute approximate surface area is 121 Å². The van der Waals surface area contributed by atoms with Crippen molar-refractivity contribution in [1.82, 2.24) is 4.90 Å². The van der Waals surface area contributed by atoms with E-state index in [0.717, 1.165) is 6.42 Å². The van der Waals surface area contributed by atoms with Crippen LogP contribution in [0.15, 0.2) is 0 Å². The number of hydrogen-bond acceptors (Lipinski definition) is 2. The second-order valence-electron chi connectivity index (χ2n) is 8.72. The summed E-state index contributed by atoms with van der Waals surface area (Å²) in [5.41, 5.74) is 0.0719. The van der Waals surface area contributed by atoms with Gasteiger partial charge in [-0.3, -0.25) is 0 Å². The molecule has 0 aromatic carbocycles. The van der Waals surface area contributed by atoms with Gasteiger partial charge in [-0.25, -0.2) is 0 Å². The van der Waals surface area contributed by atoms with Crippen molar-refractivity contribution in [3.05, 3.63) is 0 Å². The molecule has 0 aromatic rings. The summed E-state index contributed by atoms with van der Waals surface area (Å²) in [4.78, 5) is 2.26. The van der Waals surface area contributed by atoms with Crippen LogP contribution in [0.5, 0.6) is 0 Å². The third kappa shape index (κ3) is 11.4. The predicted octanol–water partition coefficient (Wildman–Crippen LogP) is 4.32. The molecule has 0 bridgehead atoms. The van der Waals surface area contributed by atoms with Gasteiger partial charge in [0.05, 0.1) is 5.60 Å². The number of nitrogens with zero attached hydrogens (tertiary/aromatic N) is 1. The van der Waals surface area contributed by atoms with Crippen molar-refractivity contribution in [2.75, 3.05) is 20.6 Å². The van der Waals surface area contributed by atoms with Crippen molar-refractivity contribution in [3.8, 4) is 0 Å². The zero-order chi connectivity index (χ0) is 15.3. The molecule has 0 aliphatic heterocycles. The third-order valence-corrected chi connectivity index (χ3v) is 3.85. The molecule has 0 aromatic heterocycles. The molecule has 0 saturated carbocycles. The van der Waals surface area contributed by atoms with E-state index in [9.17, 15) is 5.11 Å². The van der Waals surface area contributed by atoms with Crippen molar-refractivity contribution in [1.29, 1.82) is 0 Å². The Morgan fingerprint density at radius 2 is 1.26 bits per heavy atom. The van der Waals surface area contributed by atoms with Crippen LogP contribution in [0.25, 0.3) is 0 Å². The van der Waals surface area contributed by atoms with Crippen molar-refractivity contribution < 1.29 is 5.11 Å². The van der Waals surface area contributed by atoms with Gasteiger partial charge < -0.3 is 10.0 Å². The second kappa shape index (κ2) is 7.08. The SMILES string of the molecule is CN(C)CCCC(C)(C)CCC(C)(C)CC(C)(C)O. The average molecular weight is 271 g/mol. The van der Waals surface area contributed by atoms with Crippen LogP contribution >= 0.6 is 0 Å². The first-order chi connectivity index (χ1) is 8.33. The molecule has 2 nitrogen and oxygen atoms in total. The Kier molecular flexibility index (Phi) is 7.05. The van der Waals surface area contributed by atoms with E-state index in [0.29, 0.717) is 5.41 Å². The molecule has 0 fully saturated rings. The van der Waals surface area contributed by atoms with Crippen LogP contribution in [0.2, 0.25) is 0 Å². The van der Waals surface area contributed by atoms with Gasteiger partial charge in [-0.15, -0.1) is 0 Å². The lowest BCUT2D eigenvalue weighted by Crippen LogP contribution is -2.29. The minimum atomic E-state index is -0.557. The van der Waals surface area contributed by atoms with Crippen LogP contribution < -0.4 is 0 Å². The summed E-state index contributed by atoms with van der Waals surface area (Å²) in [7, 11) is 4.28. The van der Waals surface area contributed by atoms with Crippen LogP contribution in [0.1, 0.15) is 73.6 Å². The third-order valence-electron chi connectivity index (χ3n) is 3.85. The maximum absolute atomic E-state index is 9.98. The monoisotopic (exact) mass is 271 g/mol. The lowest BCUT2D eigenvalue weighted by Gasteiger charge is -2.35. The summed E-state index contributed by atoms with van der Waals surface area (Å²) >= 11 is 0. The van der Waals surface area contributed by atoms with E-state index in [2.05, 4.69) is 46.7 Å². The summed E-state index contributed by atoms with van der Waals surface area (Å²) in [6.07, 6.45) is 5.85. The molecule has 19 heavy (non-hydrogen) atoms. The van der Waals surface area contributed by atoms with Gasteiger partial charge >= 0.3 is 0 Å². The van der Waals surface area contributed by atoms with Gasteiger partial charge in [0.15, 0.2) is 0 Å². The van der Waals surface area contributed by atoms with Crippen molar-refractivity contribution in [2.24, 2.45) is 10.8 Å². The van der Waals surface area contributed by atoms with Gasteiger partial charge in [0.2, 0.25) is 0 Å². The Morgan fingerprint density at radius 1 is 0.789 bits per heavy atom. The molecule has 0 aliphatic rings. The van der Waals surface area contributed by atoms with Crippen molar-refractivity contribution in [2.45, 2.75) is 79.2 Å². The number of hydrogen-bond donors (Lipinski definition) is 1. The second-order valence-corrected chi connectivity index (χ2v) is 8.72. The molecule has 0 atom stereocenters. The molecule has 2 heteroatoms. The molecule has 0 aliphatic carbocycles. The van der Waals surface area contributed by atoms with Gasteiger partial charge in [0, 0.05) is 0 Å². The molecule has 116 valence electrons. The first-order valence-electron chi connectivity index (χ1n) is 7.70. The minimum Gasteiger partial charge on any atom is -0.390 e. The summed E-state index contributed by atoms with van der Waals surface area (Å²) in [5, 5.41) is 9.98. The largest absolute Gasteiger partial charge is 0.390 e. The molecular weight excluding hydrogens is 234 g/mol. The normalized spacial score (nSPS) is 14.2. The van der Waals surface area contributed by atoms with E-state index in [1.807, 2.05) is 13.8 Å². The van der Waals surface area contributed by atoms with Crippen molar-refractivity contribution in [3.63, 3.8) is 0 Å². The van der Waals surface area contributed by atoms with E-state index >= 15 is 0 Å². The van der Waals surface area contributed by atoms with E-state index in [4.69, 9.17) is 0 Å². The van der Waals surface area contributed by atoms with Crippen molar-refractivity contribution >= 4 is 0 Å². The highest BCUT2D eigenvalue weighted by molar-refractivity contribution is 4.81. The zero-order valence-electron chi connectivity index (χ0n) is 14.6. The molecule has 0 saturated heterocycles. The van der Waals surface area contributed by atoms with Crippen LogP contribution in [-0.4, -0.2) is 36.2 Å². The van der Waals surface area contributed by atoms with E-state index in [1.165, 1.54) is 32.2 Å². The summed E-state index contributed by atoms with van der Waals surface area (Å²) in [6, 6.07) is 0. The maximum Gasteiger partial charge on any atom is 0.0596 e. The first-order valence-corrected chi connectivity index (χ1v) is 7.70. The lowest BCUT2D eigenvalue weighted by atomic mass is 9.73. The van der Waals surface area contributed by atoms with E-state index < -0.39 is 5.60 Å². The van der Waals surface area contributed by atoms with E-state index in [1.54, 1.807) is 0 Å². The quantitative estimate of drug-likeness (QED) is 0.675. The number of aliphatic hydroxyl groups is 1. The molecule has 0 unspecified atom stereocenters. The average Bonchev–Trinajstić information content (AvgIpc) is 2.10. The number of rotatable bonds is 9. The fourth-order valence-corrected chi connectivity index (χ4v) is 2.94. The zero-order valence-corrected chi connectivity index (χ0v) is 14.6. The molecule has 0 heterocycles. The molecule has 0 rings (SSSR count). The Bertz CT molecular complexity index is 248. The predicted molar refractivity (Wildman–Crippen MR) is 85.5 cm³/mol. The first kappa shape index (κ1) is 18.9. The lowest BCUT2D eigenvalue weighted by molar-refractivity contribution is 0.0251. The topological polar surface area (TPSA) is 23.5 Å². The fourth-order valence-electron chi connectivity index (χ4n) is 2.94. The molecule has 1 N–H and O–H groups in total. The van der Waals surface area contributed by atoms with Gasteiger partial charge in [-0.2, -0.15) is 0 Å². The van der Waals surface area contributed by atoms with Crippen LogP contribution in [0.3, 0.4) is 0 Å². The highest BCUT2D eigenvalue weighted by atomic mass is 16.3. The van der Waals surface area contributed by atoms with Gasteiger partial charge in [0.1, 0.15) is 0 Å². The summed E-state index contributed by atoms with van der Waals surface area (Å²) in [5.74, 6) is 0. The highest BCUT2D eigenvalue weighted by Crippen LogP contribution is 2.38. The molecular formula is C17H37NO.